The van der Waals surface area contributed by atoms with Crippen molar-refractivity contribution in [3.63, 3.8) is 0 Å². The number of hydrogen-bond donors (Lipinski definition) is 3. The molecule has 0 radical (unpaired) electrons. The number of hydrogen-bond acceptors (Lipinski definition) is 7. The summed E-state index contributed by atoms with van der Waals surface area (Å²) in [6, 6.07) is 4.23. The van der Waals surface area contributed by atoms with Crippen LogP contribution in [0.5, 0.6) is 5.75 Å². The largest absolute Gasteiger partial charge is 0.505 e. The Morgan fingerprint density at radius 3 is 2.56 bits per heavy atom. The van der Waals surface area contributed by atoms with E-state index in [4.69, 9.17) is 4.74 Å². The molecule has 0 aliphatic carbocycles. The third kappa shape index (κ3) is 5.52. The number of carbonyl (C=O) groups is 1. The molecule has 0 aromatic heterocycles. The molecule has 34 heavy (non-hydrogen) atoms. The second-order valence-corrected chi connectivity index (χ2v) is 11.4. The number of amides is 1. The summed E-state index contributed by atoms with van der Waals surface area (Å²) >= 11 is 0. The molecule has 10 nitrogen and oxygen atoms in total. The highest BCUT2D eigenvalue weighted by Gasteiger charge is 2.36. The Kier molecular flexibility index (Phi) is 6.97. The number of rotatable bonds is 5. The number of para-hydroxylation sites is 1. The van der Waals surface area contributed by atoms with Crippen LogP contribution in [0.15, 0.2) is 39.4 Å². The third-order valence-corrected chi connectivity index (χ3v) is 6.57. The van der Waals surface area contributed by atoms with Crippen molar-refractivity contribution in [1.29, 1.82) is 0 Å². The van der Waals surface area contributed by atoms with Crippen LogP contribution in [0.4, 0.5) is 5.69 Å². The quantitative estimate of drug-likeness (QED) is 0.543. The van der Waals surface area contributed by atoms with Crippen LogP contribution in [0.2, 0.25) is 0 Å². The molecule has 2 atom stereocenters. The summed E-state index contributed by atoms with van der Waals surface area (Å²) in [4.78, 5) is 18.4. The van der Waals surface area contributed by atoms with E-state index in [-0.39, 0.29) is 52.2 Å². The second kappa shape index (κ2) is 9.28. The highest BCUT2D eigenvalue weighted by atomic mass is 32.2. The number of anilines is 1. The zero-order chi connectivity index (χ0) is 25.4. The fraction of sp³-hybridized carbons (Fsp3) is 0.522. The number of phenolic OH excluding ortho intramolecular Hbond substituents is 1. The summed E-state index contributed by atoms with van der Waals surface area (Å²) < 4.78 is 36.5. The molecule has 0 fully saturated rings. The lowest BCUT2D eigenvalue weighted by Crippen LogP contribution is -2.37. The minimum Gasteiger partial charge on any atom is -0.505 e. The predicted octanol–water partition coefficient (Wildman–Crippen LogP) is 2.89. The number of phenols is 1. The first-order valence-corrected chi connectivity index (χ1v) is 12.5. The summed E-state index contributed by atoms with van der Waals surface area (Å²) in [5.74, 6) is -0.709. The van der Waals surface area contributed by atoms with Crippen molar-refractivity contribution in [1.82, 2.24) is 9.62 Å². The van der Waals surface area contributed by atoms with Crippen LogP contribution >= 0.6 is 0 Å². The molecule has 2 aliphatic heterocycles. The number of carbonyl (C=O) groups excluding carboxylic acids is 1. The molecule has 0 saturated carbocycles. The molecular formula is C23H33N5O5S. The Bertz CT molecular complexity index is 1160. The van der Waals surface area contributed by atoms with E-state index in [0.717, 1.165) is 5.57 Å². The molecule has 0 saturated heterocycles. The van der Waals surface area contributed by atoms with Crippen molar-refractivity contribution in [2.45, 2.75) is 53.2 Å². The van der Waals surface area contributed by atoms with Crippen molar-refractivity contribution in [2.24, 2.45) is 20.7 Å². The standard InChI is InChI=1S/C23H33N5O5S/c1-13(2)18(17-11-14(12-33-17)23(3,4)5)25-21-20(26-34(31,32)27-21)24-16-10-8-9-15(19(16)29)22(30)28(6)7/h8-10,12-13,17-18,29H,11H2,1-7H3,(H,24,26)(H,25,27)/t17?,18-/m1/s1. The van der Waals surface area contributed by atoms with Gasteiger partial charge < -0.3 is 20.1 Å². The molecule has 1 aromatic rings. The van der Waals surface area contributed by atoms with E-state index in [1.807, 2.05) is 13.8 Å². The zero-order valence-electron chi connectivity index (χ0n) is 20.6. The van der Waals surface area contributed by atoms with Crippen molar-refractivity contribution >= 4 is 33.5 Å². The molecule has 0 spiro atoms. The minimum absolute atomic E-state index is 0.0234. The number of aromatic hydroxyl groups is 1. The maximum absolute atomic E-state index is 12.3. The SMILES string of the molecule is CC(C)[C@@H](N=C1NS(=O)(=O)N=C1Nc1cccc(C(=O)N(C)C)c1O)C1CC(C(C)(C)C)=CO1. The minimum atomic E-state index is -4.01. The van der Waals surface area contributed by atoms with Crippen LogP contribution in [0.25, 0.3) is 0 Å². The lowest BCUT2D eigenvalue weighted by atomic mass is 9.83. The van der Waals surface area contributed by atoms with Crippen LogP contribution in [0.1, 0.15) is 51.4 Å². The molecule has 2 heterocycles. The van der Waals surface area contributed by atoms with Crippen LogP contribution in [-0.2, 0) is 14.9 Å². The zero-order valence-corrected chi connectivity index (χ0v) is 21.4. The Hall–Kier alpha value is -3.08. The van der Waals surface area contributed by atoms with E-state index in [1.54, 1.807) is 26.4 Å². The average molecular weight is 492 g/mol. The fourth-order valence-corrected chi connectivity index (χ4v) is 4.50. The van der Waals surface area contributed by atoms with E-state index >= 15 is 0 Å². The lowest BCUT2D eigenvalue weighted by Gasteiger charge is -2.25. The van der Waals surface area contributed by atoms with Gasteiger partial charge in [0.15, 0.2) is 17.4 Å². The Labute approximate surface area is 201 Å². The molecule has 3 rings (SSSR count). The van der Waals surface area contributed by atoms with Gasteiger partial charge in [-0.3, -0.25) is 9.79 Å². The fourth-order valence-electron chi connectivity index (χ4n) is 3.69. The summed E-state index contributed by atoms with van der Waals surface area (Å²) in [7, 11) is -0.871. The molecule has 0 bridgehead atoms. The number of nitrogens with one attached hydrogen (secondary N) is 2. The molecule has 2 aliphatic rings. The predicted molar refractivity (Wildman–Crippen MR) is 132 cm³/mol. The number of benzene rings is 1. The highest BCUT2D eigenvalue weighted by molar-refractivity contribution is 7.89. The number of nitrogens with zero attached hydrogens (tertiary/aromatic N) is 3. The van der Waals surface area contributed by atoms with Crippen molar-refractivity contribution in [3.8, 4) is 5.75 Å². The van der Waals surface area contributed by atoms with Gasteiger partial charge in [-0.25, -0.2) is 4.72 Å². The monoisotopic (exact) mass is 491 g/mol. The van der Waals surface area contributed by atoms with Crippen molar-refractivity contribution in [2.75, 3.05) is 19.4 Å². The summed E-state index contributed by atoms with van der Waals surface area (Å²) in [6.07, 6.45) is 2.21. The Morgan fingerprint density at radius 1 is 1.32 bits per heavy atom. The highest BCUT2D eigenvalue weighted by Crippen LogP contribution is 2.36. The lowest BCUT2D eigenvalue weighted by molar-refractivity contribution is 0.0824. The van der Waals surface area contributed by atoms with Crippen LogP contribution in [-0.4, -0.2) is 62.2 Å². The Balaban J connectivity index is 1.91. The summed E-state index contributed by atoms with van der Waals surface area (Å²) in [5, 5.41) is 13.5. The number of aliphatic imine (C=N–C) groups is 1. The molecule has 1 amide bonds. The van der Waals surface area contributed by atoms with Gasteiger partial charge >= 0.3 is 10.2 Å². The van der Waals surface area contributed by atoms with E-state index in [2.05, 4.69) is 40.2 Å². The maximum Gasteiger partial charge on any atom is 0.345 e. The number of amidine groups is 2. The first-order chi connectivity index (χ1) is 15.7. The van der Waals surface area contributed by atoms with E-state index in [1.165, 1.54) is 17.0 Å². The average Bonchev–Trinajstić information content (AvgIpc) is 3.31. The third-order valence-electron chi connectivity index (χ3n) is 5.70. The van der Waals surface area contributed by atoms with Gasteiger partial charge in [-0.1, -0.05) is 40.7 Å². The molecular weight excluding hydrogens is 458 g/mol. The van der Waals surface area contributed by atoms with Crippen LogP contribution in [0, 0.1) is 11.3 Å². The summed E-state index contributed by atoms with van der Waals surface area (Å²) in [5.41, 5.74) is 1.32. The van der Waals surface area contributed by atoms with E-state index < -0.39 is 16.1 Å². The summed E-state index contributed by atoms with van der Waals surface area (Å²) in [6.45, 7) is 10.3. The maximum atomic E-state index is 12.3. The molecule has 1 unspecified atom stereocenters. The van der Waals surface area contributed by atoms with Crippen molar-refractivity contribution in [3.05, 3.63) is 35.6 Å². The van der Waals surface area contributed by atoms with Gasteiger partial charge in [0.05, 0.1) is 23.6 Å². The van der Waals surface area contributed by atoms with Crippen LogP contribution < -0.4 is 10.0 Å². The normalized spacial score (nSPS) is 21.5. The van der Waals surface area contributed by atoms with Gasteiger partial charge in [0, 0.05) is 20.5 Å². The van der Waals surface area contributed by atoms with E-state index in [0.29, 0.717) is 6.42 Å². The molecule has 3 N–H and O–H groups in total. The van der Waals surface area contributed by atoms with Gasteiger partial charge in [-0.05, 0) is 29.0 Å². The topological polar surface area (TPSA) is 133 Å². The van der Waals surface area contributed by atoms with Gasteiger partial charge in [0.25, 0.3) is 5.91 Å². The second-order valence-electron chi connectivity index (χ2n) is 10.0. The van der Waals surface area contributed by atoms with Gasteiger partial charge in [0.2, 0.25) is 0 Å². The molecule has 1 aromatic carbocycles. The van der Waals surface area contributed by atoms with E-state index in [9.17, 15) is 18.3 Å². The Morgan fingerprint density at radius 2 is 2.00 bits per heavy atom. The first-order valence-electron chi connectivity index (χ1n) is 11.1. The van der Waals surface area contributed by atoms with Gasteiger partial charge in [-0.15, -0.1) is 4.40 Å². The number of ether oxygens (including phenoxy) is 1. The first kappa shape index (κ1) is 25.5. The molecule has 186 valence electrons. The molecule has 11 heteroatoms. The van der Waals surface area contributed by atoms with Crippen LogP contribution in [0.3, 0.4) is 0 Å². The smallest absolute Gasteiger partial charge is 0.345 e. The van der Waals surface area contributed by atoms with Gasteiger partial charge in [-0.2, -0.15) is 8.42 Å². The van der Waals surface area contributed by atoms with Crippen molar-refractivity contribution < 1.29 is 23.1 Å². The van der Waals surface area contributed by atoms with Gasteiger partial charge in [0.1, 0.15) is 6.10 Å².